The van der Waals surface area contributed by atoms with Crippen LogP contribution < -0.4 is 5.32 Å². The van der Waals surface area contributed by atoms with Gasteiger partial charge < -0.3 is 10.1 Å². The van der Waals surface area contributed by atoms with E-state index < -0.39 is 11.7 Å². The van der Waals surface area contributed by atoms with Crippen molar-refractivity contribution in [3.8, 4) is 0 Å². The van der Waals surface area contributed by atoms with Gasteiger partial charge in [0.05, 0.1) is 11.7 Å². The van der Waals surface area contributed by atoms with Gasteiger partial charge in [0.25, 0.3) is 0 Å². The lowest BCUT2D eigenvalue weighted by atomic mass is 9.55. The fraction of sp³-hybridized carbons (Fsp3) is 0.625. The van der Waals surface area contributed by atoms with E-state index >= 15 is 0 Å². The van der Waals surface area contributed by atoms with Gasteiger partial charge >= 0.3 is 6.18 Å². The van der Waals surface area contributed by atoms with E-state index in [2.05, 4.69) is 19.2 Å². The predicted octanol–water partition coefficient (Wildman–Crippen LogP) is 4.32. The van der Waals surface area contributed by atoms with Crippen LogP contribution in [0.4, 0.5) is 18.9 Å². The first-order valence-corrected chi connectivity index (χ1v) is 7.36. The van der Waals surface area contributed by atoms with Gasteiger partial charge in [-0.15, -0.1) is 0 Å². The van der Waals surface area contributed by atoms with Crippen LogP contribution in [0.15, 0.2) is 24.3 Å². The molecule has 0 bridgehead atoms. The molecular formula is C16H20F3NO. The third kappa shape index (κ3) is 2.41. The molecule has 2 aliphatic rings. The van der Waals surface area contributed by atoms with Crippen LogP contribution in [0.3, 0.4) is 0 Å². The molecule has 1 aromatic rings. The maximum atomic E-state index is 13.1. The number of benzene rings is 1. The summed E-state index contributed by atoms with van der Waals surface area (Å²) in [5, 5.41) is 3.14. The Morgan fingerprint density at radius 3 is 2.67 bits per heavy atom. The first kappa shape index (κ1) is 14.7. The number of fused-ring (bicyclic) bond motifs is 1. The number of hydrogen-bond donors (Lipinski definition) is 1. The number of para-hydroxylation sites is 1. The summed E-state index contributed by atoms with van der Waals surface area (Å²) in [6, 6.07) is 5.72. The summed E-state index contributed by atoms with van der Waals surface area (Å²) in [6.45, 7) is 4.89. The van der Waals surface area contributed by atoms with Crippen molar-refractivity contribution in [1.82, 2.24) is 0 Å². The number of alkyl halides is 3. The first-order chi connectivity index (χ1) is 9.82. The molecule has 2 fully saturated rings. The van der Waals surface area contributed by atoms with Gasteiger partial charge in [-0.2, -0.15) is 13.2 Å². The molecule has 116 valence electrons. The summed E-state index contributed by atoms with van der Waals surface area (Å²) >= 11 is 0. The van der Waals surface area contributed by atoms with Crippen molar-refractivity contribution >= 4 is 5.69 Å². The normalized spacial score (nSPS) is 31.2. The molecule has 0 amide bonds. The highest BCUT2D eigenvalue weighted by molar-refractivity contribution is 5.54. The lowest BCUT2D eigenvalue weighted by Crippen LogP contribution is -2.67. The van der Waals surface area contributed by atoms with E-state index in [4.69, 9.17) is 4.74 Å². The van der Waals surface area contributed by atoms with Gasteiger partial charge in [0.2, 0.25) is 0 Å². The highest BCUT2D eigenvalue weighted by Gasteiger charge is 2.58. The predicted molar refractivity (Wildman–Crippen MR) is 75.1 cm³/mol. The molecule has 1 aliphatic heterocycles. The van der Waals surface area contributed by atoms with Crippen molar-refractivity contribution in [1.29, 1.82) is 0 Å². The smallest absolute Gasteiger partial charge is 0.381 e. The Morgan fingerprint density at radius 2 is 1.95 bits per heavy atom. The third-order valence-corrected chi connectivity index (χ3v) is 4.87. The summed E-state index contributed by atoms with van der Waals surface area (Å²) in [6.07, 6.45) is -2.18. The largest absolute Gasteiger partial charge is 0.418 e. The second kappa shape index (κ2) is 4.90. The summed E-state index contributed by atoms with van der Waals surface area (Å²) in [7, 11) is 0. The van der Waals surface area contributed by atoms with Crippen molar-refractivity contribution in [3.63, 3.8) is 0 Å². The Morgan fingerprint density at radius 1 is 1.24 bits per heavy atom. The van der Waals surface area contributed by atoms with E-state index in [0.717, 1.165) is 25.5 Å². The average molecular weight is 299 g/mol. The lowest BCUT2D eigenvalue weighted by Gasteiger charge is -2.60. The van der Waals surface area contributed by atoms with Crippen molar-refractivity contribution in [2.75, 3.05) is 11.9 Å². The molecule has 0 aromatic heterocycles. The zero-order valence-corrected chi connectivity index (χ0v) is 12.2. The molecule has 0 spiro atoms. The molecular weight excluding hydrogens is 279 g/mol. The number of anilines is 1. The Labute approximate surface area is 122 Å². The van der Waals surface area contributed by atoms with Crippen molar-refractivity contribution in [2.24, 2.45) is 11.3 Å². The van der Waals surface area contributed by atoms with Gasteiger partial charge in [-0.1, -0.05) is 26.0 Å². The minimum absolute atomic E-state index is 0.0197. The SMILES string of the molecule is CC1(C)C(Nc2ccccc2C(F)(F)F)C2CCCOC21. The third-order valence-electron chi connectivity index (χ3n) is 4.87. The monoisotopic (exact) mass is 299 g/mol. The van der Waals surface area contributed by atoms with Gasteiger partial charge in [-0.05, 0) is 25.0 Å². The Kier molecular flexibility index (Phi) is 3.43. The molecule has 5 heteroatoms. The van der Waals surface area contributed by atoms with Crippen molar-refractivity contribution in [2.45, 2.75) is 45.0 Å². The summed E-state index contributed by atoms with van der Waals surface area (Å²) < 4.78 is 45.0. The van der Waals surface area contributed by atoms with E-state index in [-0.39, 0.29) is 23.2 Å². The minimum atomic E-state index is -4.33. The number of hydrogen-bond acceptors (Lipinski definition) is 2. The van der Waals surface area contributed by atoms with Crippen LogP contribution in [0.2, 0.25) is 0 Å². The molecule has 3 unspecified atom stereocenters. The molecule has 2 nitrogen and oxygen atoms in total. The van der Waals surface area contributed by atoms with E-state index in [1.165, 1.54) is 12.1 Å². The maximum absolute atomic E-state index is 13.1. The van der Waals surface area contributed by atoms with Crippen molar-refractivity contribution < 1.29 is 17.9 Å². The zero-order chi connectivity index (χ0) is 15.3. The highest BCUT2D eigenvalue weighted by atomic mass is 19.4. The zero-order valence-electron chi connectivity index (χ0n) is 12.2. The number of rotatable bonds is 2. The van der Waals surface area contributed by atoms with E-state index in [0.29, 0.717) is 5.92 Å². The molecule has 1 saturated carbocycles. The second-order valence-electron chi connectivity index (χ2n) is 6.58. The minimum Gasteiger partial charge on any atom is -0.381 e. The number of nitrogens with one attached hydrogen (secondary N) is 1. The molecule has 1 saturated heterocycles. The molecule has 21 heavy (non-hydrogen) atoms. The topological polar surface area (TPSA) is 21.3 Å². The fourth-order valence-electron chi connectivity index (χ4n) is 3.84. The Hall–Kier alpha value is -1.23. The van der Waals surface area contributed by atoms with Gasteiger partial charge in [0.15, 0.2) is 0 Å². The molecule has 1 aromatic carbocycles. The summed E-state index contributed by atoms with van der Waals surface area (Å²) in [5.74, 6) is 0.301. The van der Waals surface area contributed by atoms with Gasteiger partial charge in [-0.25, -0.2) is 0 Å². The van der Waals surface area contributed by atoms with E-state index in [1.54, 1.807) is 6.07 Å². The van der Waals surface area contributed by atoms with Crippen LogP contribution in [-0.2, 0) is 10.9 Å². The van der Waals surface area contributed by atoms with Crippen LogP contribution >= 0.6 is 0 Å². The molecule has 3 atom stereocenters. The van der Waals surface area contributed by atoms with Crippen LogP contribution in [0.25, 0.3) is 0 Å². The standard InChI is InChI=1S/C16H20F3NO/c1-15(2)13(10-6-5-9-21-14(10)15)20-12-8-4-3-7-11(12)16(17,18)19/h3-4,7-8,10,13-14,20H,5-6,9H2,1-2H3. The molecule has 1 N–H and O–H groups in total. The first-order valence-electron chi connectivity index (χ1n) is 7.36. The van der Waals surface area contributed by atoms with Crippen LogP contribution in [0.5, 0.6) is 0 Å². The Balaban J connectivity index is 1.84. The molecule has 1 heterocycles. The molecule has 1 aliphatic carbocycles. The number of ether oxygens (including phenoxy) is 1. The molecule has 0 radical (unpaired) electrons. The van der Waals surface area contributed by atoms with Crippen LogP contribution in [0.1, 0.15) is 32.3 Å². The highest BCUT2D eigenvalue weighted by Crippen LogP contribution is 2.53. The lowest BCUT2D eigenvalue weighted by molar-refractivity contribution is -0.177. The van der Waals surface area contributed by atoms with Gasteiger partial charge in [-0.3, -0.25) is 0 Å². The van der Waals surface area contributed by atoms with Crippen LogP contribution in [0, 0.1) is 11.3 Å². The Bertz CT molecular complexity index is 526. The second-order valence-corrected chi connectivity index (χ2v) is 6.58. The quantitative estimate of drug-likeness (QED) is 0.878. The van der Waals surface area contributed by atoms with Crippen LogP contribution in [-0.4, -0.2) is 18.8 Å². The van der Waals surface area contributed by atoms with Gasteiger partial charge in [0, 0.05) is 29.7 Å². The van der Waals surface area contributed by atoms with E-state index in [9.17, 15) is 13.2 Å². The maximum Gasteiger partial charge on any atom is 0.418 e. The number of halogens is 3. The van der Waals surface area contributed by atoms with Gasteiger partial charge in [0.1, 0.15) is 0 Å². The fourth-order valence-corrected chi connectivity index (χ4v) is 3.84. The van der Waals surface area contributed by atoms with Crippen molar-refractivity contribution in [3.05, 3.63) is 29.8 Å². The molecule has 3 rings (SSSR count). The summed E-state index contributed by atoms with van der Waals surface area (Å²) in [4.78, 5) is 0. The van der Waals surface area contributed by atoms with E-state index in [1.807, 2.05) is 0 Å². The summed E-state index contributed by atoms with van der Waals surface area (Å²) in [5.41, 5.74) is -0.572. The average Bonchev–Trinajstić information content (AvgIpc) is 2.44.